The highest BCUT2D eigenvalue weighted by Gasteiger charge is 2.44. The van der Waals surface area contributed by atoms with E-state index in [1.165, 1.54) is 36.1 Å². The molecule has 16 nitrogen and oxygen atoms in total. The summed E-state index contributed by atoms with van der Waals surface area (Å²) in [5.41, 5.74) is 3.72. The Hall–Kier alpha value is -6.75. The number of alkyl halides is 3. The van der Waals surface area contributed by atoms with Crippen molar-refractivity contribution in [2.24, 2.45) is 11.8 Å². The molecule has 3 aliphatic heterocycles. The minimum atomic E-state index is -4.90. The number of carbonyl (C=O) groups excluding carboxylic acids is 2. The second kappa shape index (κ2) is 23.3. The predicted octanol–water partition coefficient (Wildman–Crippen LogP) is 8.87. The van der Waals surface area contributed by atoms with E-state index in [4.69, 9.17) is 36.3 Å². The molecule has 0 spiro atoms. The van der Waals surface area contributed by atoms with E-state index >= 15 is 4.39 Å². The first-order valence-corrected chi connectivity index (χ1v) is 26.3. The van der Waals surface area contributed by atoms with Crippen molar-refractivity contribution in [3.05, 3.63) is 106 Å². The van der Waals surface area contributed by atoms with E-state index in [1.54, 1.807) is 37.3 Å². The van der Waals surface area contributed by atoms with Crippen molar-refractivity contribution in [2.75, 3.05) is 69.7 Å². The third kappa shape index (κ3) is 12.0. The van der Waals surface area contributed by atoms with E-state index < -0.39 is 76.4 Å². The molecule has 0 aliphatic carbocycles. The first kappa shape index (κ1) is 56.0. The molecular formula is C55H61ClF6N10O6. The van der Waals surface area contributed by atoms with Crippen molar-refractivity contribution in [3.63, 3.8) is 0 Å². The van der Waals surface area contributed by atoms with E-state index in [-0.39, 0.29) is 88.0 Å². The zero-order chi connectivity index (χ0) is 55.7. The maximum Gasteiger partial charge on any atom is 0.418 e. The second-order valence-corrected chi connectivity index (χ2v) is 21.1. The Bertz CT molecular complexity index is 3140. The molecule has 6 heterocycles. The van der Waals surface area contributed by atoms with Gasteiger partial charge in [-0.1, -0.05) is 55.8 Å². The molecule has 78 heavy (non-hydrogen) atoms. The normalized spacial score (nSPS) is 19.4. The van der Waals surface area contributed by atoms with Crippen molar-refractivity contribution in [2.45, 2.75) is 90.2 Å². The molecule has 5 atom stereocenters. The van der Waals surface area contributed by atoms with Gasteiger partial charge in [-0.25, -0.2) is 18.2 Å². The molecule has 3 saturated heterocycles. The minimum Gasteiger partial charge on any atom is -0.475 e. The quantitative estimate of drug-likeness (QED) is 0.0671. The summed E-state index contributed by atoms with van der Waals surface area (Å²) in [6.07, 6.45) is -4.29. The number of aromatic nitrogens is 4. The number of likely N-dealkylation sites (tertiary alicyclic amines) is 2. The van der Waals surface area contributed by atoms with E-state index in [9.17, 15) is 36.6 Å². The number of anilines is 2. The van der Waals surface area contributed by atoms with Crippen LogP contribution in [0.25, 0.3) is 33.3 Å². The first-order chi connectivity index (χ1) is 37.2. The standard InChI is InChI=1S/C55H61ClF6N10O6/c1-28(2)44(53(75)72-26-35(73)22-40(72)52(74)65-31(5)33-9-11-34(12-10-33)45-38(57)7-6-8-39(45)58)41-24-43(69-78-41)77-27-32-13-16-70(17-14-32)19-20-76-54-67-49-36(51(68-54)71-18-15-64-25-30(71)4)23-37(56)46(48(49)59)50-47(55(60,61)62)29(3)21-42(63)66-50/h6-12,21,23-24,28,30-32,35,40,44,64,73H,13-20,22,25-27H2,1-5H3,(H2,63,66)(H,65,74)/t30-,31-,35+,40-,44+/m0/s1. The van der Waals surface area contributed by atoms with Crippen LogP contribution in [0.5, 0.6) is 11.9 Å². The van der Waals surface area contributed by atoms with Gasteiger partial charge in [-0.2, -0.15) is 23.1 Å². The van der Waals surface area contributed by atoms with Gasteiger partial charge in [-0.3, -0.25) is 14.5 Å². The Balaban J connectivity index is 0.801. The lowest BCUT2D eigenvalue weighted by Gasteiger charge is -2.35. The molecule has 0 bridgehead atoms. The Kier molecular flexibility index (Phi) is 16.7. The van der Waals surface area contributed by atoms with Crippen LogP contribution in [0.15, 0.2) is 65.2 Å². The SMILES string of the molecule is Cc1cc(N)nc(-c2c(Cl)cc3c(N4CCNC[C@@H]4C)nc(OCCN4CCC(COc5cc([C@H](C(=O)N6C[C@H](O)C[C@H]6C(=O)N[C@@H](C)c6ccc(-c7c(F)cccc7F)cc6)C(C)C)on5)CC4)nc3c2F)c1C(F)(F)F. The number of nitrogens with one attached hydrogen (secondary N) is 2. The van der Waals surface area contributed by atoms with Crippen LogP contribution in [-0.2, 0) is 15.8 Å². The van der Waals surface area contributed by atoms with Gasteiger partial charge in [-0.05, 0) is 105 Å². The number of aryl methyl sites for hydroxylation is 1. The average molecular weight is 1110 g/mol. The van der Waals surface area contributed by atoms with Crippen LogP contribution in [-0.4, -0.2) is 124 Å². The Morgan fingerprint density at radius 2 is 1.69 bits per heavy atom. The van der Waals surface area contributed by atoms with Gasteiger partial charge in [0.1, 0.15) is 47.4 Å². The number of benzene rings is 3. The summed E-state index contributed by atoms with van der Waals surface area (Å²) < 4.78 is 107. The van der Waals surface area contributed by atoms with Crippen molar-refractivity contribution in [1.82, 2.24) is 40.5 Å². The van der Waals surface area contributed by atoms with Gasteiger partial charge in [-0.15, -0.1) is 0 Å². The van der Waals surface area contributed by atoms with Crippen molar-refractivity contribution < 1.29 is 55.0 Å². The number of rotatable bonds is 16. The number of pyridine rings is 1. The summed E-state index contributed by atoms with van der Waals surface area (Å²) in [6.45, 7) is 12.5. The number of β-amino-alcohol motifs (C(OH)–C–C–N with tert-alkyl or cyclic N) is 1. The summed E-state index contributed by atoms with van der Waals surface area (Å²) in [7, 11) is 0. The van der Waals surface area contributed by atoms with Gasteiger partial charge >= 0.3 is 12.2 Å². The molecular weight excluding hydrogens is 1050 g/mol. The highest BCUT2D eigenvalue weighted by atomic mass is 35.5. The van der Waals surface area contributed by atoms with Crippen LogP contribution < -0.4 is 30.7 Å². The Morgan fingerprint density at radius 3 is 2.37 bits per heavy atom. The number of hydrogen-bond donors (Lipinski definition) is 4. The maximum absolute atomic E-state index is 16.8. The lowest BCUT2D eigenvalue weighted by Crippen LogP contribution is -2.50. The Labute approximate surface area is 451 Å². The van der Waals surface area contributed by atoms with E-state index in [0.717, 1.165) is 18.9 Å². The van der Waals surface area contributed by atoms with Gasteiger partial charge in [0.2, 0.25) is 11.8 Å². The number of piperazine rings is 1. The summed E-state index contributed by atoms with van der Waals surface area (Å²) in [4.78, 5) is 46.6. The molecule has 3 aromatic carbocycles. The fraction of sp³-hybridized carbons (Fsp3) is 0.455. The fourth-order valence-electron chi connectivity index (χ4n) is 10.7. The smallest absolute Gasteiger partial charge is 0.418 e. The van der Waals surface area contributed by atoms with Crippen LogP contribution >= 0.6 is 11.6 Å². The number of aliphatic hydroxyl groups is 1. The molecule has 6 aromatic rings. The number of carbonyl (C=O) groups is 2. The molecule has 2 amide bonds. The highest BCUT2D eigenvalue weighted by molar-refractivity contribution is 6.34. The third-order valence-corrected chi connectivity index (χ3v) is 15.1. The minimum absolute atomic E-state index is 0.0236. The molecule has 3 aromatic heterocycles. The Morgan fingerprint density at radius 1 is 0.974 bits per heavy atom. The molecule has 23 heteroatoms. The number of piperidine rings is 1. The molecule has 0 radical (unpaired) electrons. The number of ether oxygens (including phenoxy) is 2. The summed E-state index contributed by atoms with van der Waals surface area (Å²) in [5.74, 6) is -3.84. The molecule has 9 rings (SSSR count). The maximum atomic E-state index is 16.8. The van der Waals surface area contributed by atoms with E-state index in [1.807, 2.05) is 25.7 Å². The largest absolute Gasteiger partial charge is 0.475 e. The number of halogens is 7. The lowest BCUT2D eigenvalue weighted by atomic mass is 9.91. The molecule has 3 fully saturated rings. The topological polar surface area (TPSA) is 197 Å². The van der Waals surface area contributed by atoms with Crippen molar-refractivity contribution in [1.29, 1.82) is 0 Å². The first-order valence-electron chi connectivity index (χ1n) is 26.0. The highest BCUT2D eigenvalue weighted by Crippen LogP contribution is 2.45. The number of aliphatic hydroxyl groups excluding tert-OH is 1. The van der Waals surface area contributed by atoms with Crippen LogP contribution in [0.1, 0.15) is 81.4 Å². The predicted molar refractivity (Wildman–Crippen MR) is 280 cm³/mol. The molecule has 416 valence electrons. The summed E-state index contributed by atoms with van der Waals surface area (Å²) >= 11 is 6.63. The van der Waals surface area contributed by atoms with Gasteiger partial charge in [0.15, 0.2) is 11.6 Å². The van der Waals surface area contributed by atoms with E-state index in [0.29, 0.717) is 62.8 Å². The van der Waals surface area contributed by atoms with Crippen LogP contribution in [0, 0.1) is 36.2 Å². The average Bonchev–Trinajstić information content (AvgIpc) is 4.15. The lowest BCUT2D eigenvalue weighted by molar-refractivity contribution is -0.141. The molecule has 0 unspecified atom stereocenters. The number of fused-ring (bicyclic) bond motifs is 1. The molecule has 3 aliphatic rings. The van der Waals surface area contributed by atoms with Crippen molar-refractivity contribution >= 4 is 46.0 Å². The van der Waals surface area contributed by atoms with Gasteiger partial charge in [0.05, 0.1) is 46.2 Å². The summed E-state index contributed by atoms with van der Waals surface area (Å²) in [6, 6.07) is 12.4. The zero-order valence-electron chi connectivity index (χ0n) is 43.6. The van der Waals surface area contributed by atoms with Gasteiger partial charge in [0, 0.05) is 56.6 Å². The van der Waals surface area contributed by atoms with E-state index in [2.05, 4.69) is 30.7 Å². The van der Waals surface area contributed by atoms with Crippen LogP contribution in [0.3, 0.4) is 0 Å². The number of hydrogen-bond acceptors (Lipinski definition) is 14. The van der Waals surface area contributed by atoms with Gasteiger partial charge < -0.3 is 45.3 Å². The summed E-state index contributed by atoms with van der Waals surface area (Å²) in [5, 5.41) is 21.0. The second-order valence-electron chi connectivity index (χ2n) is 20.7. The monoisotopic (exact) mass is 1110 g/mol. The zero-order valence-corrected chi connectivity index (χ0v) is 44.4. The van der Waals surface area contributed by atoms with Crippen LogP contribution in [0.2, 0.25) is 5.02 Å². The van der Waals surface area contributed by atoms with Crippen molar-refractivity contribution in [3.8, 4) is 34.3 Å². The number of nitrogens with two attached hydrogens (primary N) is 1. The van der Waals surface area contributed by atoms with Crippen LogP contribution in [0.4, 0.5) is 38.0 Å². The number of nitrogen functional groups attached to an aromatic ring is 1. The number of amides is 2. The molecule has 5 N–H and O–H groups in total. The number of nitrogens with zero attached hydrogens (tertiary/aromatic N) is 7. The third-order valence-electron chi connectivity index (χ3n) is 14.8. The molecule has 0 saturated carbocycles. The fourth-order valence-corrected chi connectivity index (χ4v) is 11.0. The van der Waals surface area contributed by atoms with Gasteiger partial charge in [0.25, 0.3) is 5.88 Å².